The number of hydrogen-bond acceptors (Lipinski definition) is 10. The summed E-state index contributed by atoms with van der Waals surface area (Å²) >= 11 is 0. The van der Waals surface area contributed by atoms with Gasteiger partial charge in [-0.3, -0.25) is 9.36 Å². The highest BCUT2D eigenvalue weighted by Crippen LogP contribution is 2.44. The van der Waals surface area contributed by atoms with Gasteiger partial charge in [-0.25, -0.2) is 15.0 Å². The molecule has 4 heterocycles. The van der Waals surface area contributed by atoms with Gasteiger partial charge in [-0.05, 0) is 44.4 Å². The van der Waals surface area contributed by atoms with Crippen LogP contribution in [0.2, 0.25) is 0 Å². The first-order chi connectivity index (χ1) is 17.8. The summed E-state index contributed by atoms with van der Waals surface area (Å²) in [5.74, 6) is -0.558. The van der Waals surface area contributed by atoms with Gasteiger partial charge in [-0.1, -0.05) is 24.3 Å². The molecular formula is C26H34N6O5. The maximum absolute atomic E-state index is 11.2. The molecule has 0 saturated carbocycles. The van der Waals surface area contributed by atoms with E-state index in [1.807, 2.05) is 18.4 Å². The van der Waals surface area contributed by atoms with Gasteiger partial charge in [-0.15, -0.1) is 0 Å². The van der Waals surface area contributed by atoms with Gasteiger partial charge in [0, 0.05) is 19.4 Å². The Balaban J connectivity index is 1.25. The average Bonchev–Trinajstić information content (AvgIpc) is 3.53. The molecule has 2 fully saturated rings. The number of benzene rings is 1. The minimum Gasteiger partial charge on any atom is -0.469 e. The summed E-state index contributed by atoms with van der Waals surface area (Å²) in [6, 6.07) is 8.46. The fourth-order valence-corrected chi connectivity index (χ4v) is 5.06. The van der Waals surface area contributed by atoms with Crippen LogP contribution in [-0.2, 0) is 36.7 Å². The number of nitrogens with zero attached hydrogens (tertiary/aromatic N) is 4. The molecule has 2 aromatic heterocycles. The zero-order chi connectivity index (χ0) is 26.0. The van der Waals surface area contributed by atoms with Gasteiger partial charge in [0.05, 0.1) is 19.5 Å². The van der Waals surface area contributed by atoms with Crippen molar-refractivity contribution in [1.82, 2.24) is 24.8 Å². The summed E-state index contributed by atoms with van der Waals surface area (Å²) in [6.45, 7) is 5.43. The Morgan fingerprint density at radius 3 is 2.81 bits per heavy atom. The molecule has 198 valence electrons. The lowest BCUT2D eigenvalue weighted by Crippen LogP contribution is -2.31. The van der Waals surface area contributed by atoms with Crippen LogP contribution in [0.15, 0.2) is 36.9 Å². The van der Waals surface area contributed by atoms with Crippen molar-refractivity contribution in [2.75, 3.05) is 19.4 Å². The largest absolute Gasteiger partial charge is 0.469 e. The highest BCUT2D eigenvalue weighted by Gasteiger charge is 2.56. The second-order valence-corrected chi connectivity index (χ2v) is 9.95. The molecule has 3 aromatic rings. The number of imidazole rings is 1. The number of methoxy groups -OCH3 is 1. The van der Waals surface area contributed by atoms with E-state index >= 15 is 0 Å². The van der Waals surface area contributed by atoms with Crippen molar-refractivity contribution in [2.45, 2.75) is 76.4 Å². The van der Waals surface area contributed by atoms with Crippen molar-refractivity contribution in [1.29, 1.82) is 0 Å². The van der Waals surface area contributed by atoms with Crippen molar-refractivity contribution in [3.8, 4) is 0 Å². The van der Waals surface area contributed by atoms with Gasteiger partial charge in [0.1, 0.15) is 24.1 Å². The molecule has 0 bridgehead atoms. The number of fused-ring (bicyclic) bond motifs is 2. The Morgan fingerprint density at radius 2 is 1.97 bits per heavy atom. The number of rotatable bonds is 10. The lowest BCUT2D eigenvalue weighted by molar-refractivity contribution is -0.196. The molecule has 1 aromatic carbocycles. The predicted octanol–water partition coefficient (Wildman–Crippen LogP) is 2.50. The molecule has 2 aliphatic heterocycles. The van der Waals surface area contributed by atoms with Gasteiger partial charge in [0.2, 0.25) is 0 Å². The molecule has 11 nitrogen and oxygen atoms in total. The summed E-state index contributed by atoms with van der Waals surface area (Å²) in [5.41, 5.74) is 9.47. The van der Waals surface area contributed by atoms with Crippen molar-refractivity contribution in [3.63, 3.8) is 0 Å². The van der Waals surface area contributed by atoms with Crippen LogP contribution >= 0.6 is 0 Å². The topological polar surface area (TPSA) is 136 Å². The average molecular weight is 511 g/mol. The number of nitrogens with one attached hydrogen (secondary N) is 1. The van der Waals surface area contributed by atoms with E-state index in [0.29, 0.717) is 29.8 Å². The predicted molar refractivity (Wildman–Crippen MR) is 135 cm³/mol. The minimum atomic E-state index is -0.723. The first kappa shape index (κ1) is 25.5. The number of hydrogen-bond donors (Lipinski definition) is 2. The molecule has 0 amide bonds. The number of unbranched alkanes of at least 4 members (excludes halogenated alkanes) is 1. The Bertz CT molecular complexity index is 1250. The van der Waals surface area contributed by atoms with E-state index in [-0.39, 0.29) is 24.3 Å². The van der Waals surface area contributed by atoms with Gasteiger partial charge in [0.25, 0.3) is 0 Å². The summed E-state index contributed by atoms with van der Waals surface area (Å²) in [6.07, 6.45) is 4.73. The summed E-state index contributed by atoms with van der Waals surface area (Å²) < 4.78 is 25.6. The summed E-state index contributed by atoms with van der Waals surface area (Å²) in [4.78, 5) is 24.0. The number of aromatic nitrogens is 4. The number of ether oxygens (including phenoxy) is 4. The number of carbonyl (C=O) groups excluding carboxylic acids is 1. The van der Waals surface area contributed by atoms with E-state index in [4.69, 9.17) is 19.9 Å². The molecule has 3 N–H and O–H groups in total. The molecule has 11 heteroatoms. The van der Waals surface area contributed by atoms with E-state index in [0.717, 1.165) is 31.5 Å². The first-order valence-electron chi connectivity index (χ1n) is 12.6. The second kappa shape index (κ2) is 10.7. The molecule has 5 rings (SSSR count). The van der Waals surface area contributed by atoms with Crippen LogP contribution in [-0.4, -0.2) is 63.2 Å². The Morgan fingerprint density at radius 1 is 1.16 bits per heavy atom. The Hall–Kier alpha value is -3.12. The number of nitrogens with two attached hydrogens (primary N) is 1. The lowest BCUT2D eigenvalue weighted by Gasteiger charge is -2.25. The van der Waals surface area contributed by atoms with Crippen LogP contribution in [0.4, 0.5) is 5.82 Å². The number of carbonyl (C=O) groups is 1. The molecule has 0 spiro atoms. The fourth-order valence-electron chi connectivity index (χ4n) is 5.06. The highest BCUT2D eigenvalue weighted by molar-refractivity contribution is 5.81. The van der Waals surface area contributed by atoms with E-state index in [1.165, 1.54) is 19.0 Å². The third kappa shape index (κ3) is 5.59. The fraction of sp³-hybridized carbons (Fsp3) is 0.538. The van der Waals surface area contributed by atoms with Crippen molar-refractivity contribution in [3.05, 3.63) is 48.0 Å². The number of esters is 1. The van der Waals surface area contributed by atoms with Crippen molar-refractivity contribution >= 4 is 23.0 Å². The van der Waals surface area contributed by atoms with Gasteiger partial charge < -0.3 is 30.0 Å². The second-order valence-electron chi connectivity index (χ2n) is 9.95. The molecule has 2 saturated heterocycles. The maximum Gasteiger partial charge on any atom is 0.305 e. The maximum atomic E-state index is 11.2. The smallest absolute Gasteiger partial charge is 0.305 e. The molecular weight excluding hydrogens is 476 g/mol. The van der Waals surface area contributed by atoms with Crippen LogP contribution in [0, 0.1) is 0 Å². The van der Waals surface area contributed by atoms with E-state index in [1.54, 1.807) is 6.33 Å². The van der Waals surface area contributed by atoms with Gasteiger partial charge >= 0.3 is 5.97 Å². The third-order valence-electron chi connectivity index (χ3n) is 6.76. The standard InChI is InChI=1S/C26H34N6O5/c1-26(2)36-21-18(12-16-7-6-8-17(11-16)13-28-10-5-4-9-19(33)34-3)35-25(22(21)37-26)32-15-31-20-23(27)29-14-30-24(20)32/h6-8,11,14-15,18,21-22,25,28H,4-5,9-10,12-13H2,1-3H3,(H2,27,29,30)/t18-,21-,22-,25-/m1/s1. The SMILES string of the molecule is COC(=O)CCCCNCc1cccc(C[C@H]2O[C@@H](n3cnc4c(N)ncnc43)[C@@H]3OC(C)(C)O[C@@H]32)c1. The van der Waals surface area contributed by atoms with Crippen molar-refractivity contribution in [2.24, 2.45) is 0 Å². The van der Waals surface area contributed by atoms with E-state index < -0.39 is 12.0 Å². The zero-order valence-corrected chi connectivity index (χ0v) is 21.4. The first-order valence-corrected chi connectivity index (χ1v) is 12.6. The summed E-state index contributed by atoms with van der Waals surface area (Å²) in [7, 11) is 1.42. The molecule has 37 heavy (non-hydrogen) atoms. The van der Waals surface area contributed by atoms with Crippen LogP contribution in [0.5, 0.6) is 0 Å². The van der Waals surface area contributed by atoms with Gasteiger partial charge in [0.15, 0.2) is 23.5 Å². The molecule has 0 unspecified atom stereocenters. The van der Waals surface area contributed by atoms with Crippen LogP contribution in [0.25, 0.3) is 11.2 Å². The zero-order valence-electron chi connectivity index (χ0n) is 21.4. The van der Waals surface area contributed by atoms with Crippen LogP contribution in [0.1, 0.15) is 50.5 Å². The number of nitrogen functional groups attached to an aromatic ring is 1. The van der Waals surface area contributed by atoms with E-state index in [2.05, 4.69) is 49.3 Å². The third-order valence-corrected chi connectivity index (χ3v) is 6.76. The quantitative estimate of drug-likeness (QED) is 0.309. The summed E-state index contributed by atoms with van der Waals surface area (Å²) in [5, 5.41) is 3.45. The van der Waals surface area contributed by atoms with E-state index in [9.17, 15) is 4.79 Å². The monoisotopic (exact) mass is 510 g/mol. The van der Waals surface area contributed by atoms with Crippen LogP contribution in [0.3, 0.4) is 0 Å². The Kier molecular flexibility index (Phi) is 7.38. The van der Waals surface area contributed by atoms with Crippen molar-refractivity contribution < 1.29 is 23.7 Å². The normalized spacial score (nSPS) is 24.4. The Labute approximate surface area is 215 Å². The minimum absolute atomic E-state index is 0.162. The lowest BCUT2D eigenvalue weighted by atomic mass is 10.0. The molecule has 0 aliphatic carbocycles. The van der Waals surface area contributed by atoms with Gasteiger partial charge in [-0.2, -0.15) is 0 Å². The molecule has 4 atom stereocenters. The highest BCUT2D eigenvalue weighted by atomic mass is 16.8. The molecule has 0 radical (unpaired) electrons. The number of anilines is 1. The molecule has 2 aliphatic rings. The van der Waals surface area contributed by atoms with Crippen LogP contribution < -0.4 is 11.1 Å².